The van der Waals surface area contributed by atoms with Gasteiger partial charge < -0.3 is 10.6 Å². The summed E-state index contributed by atoms with van der Waals surface area (Å²) in [6.07, 6.45) is 0. The van der Waals surface area contributed by atoms with E-state index < -0.39 is 21.7 Å². The summed E-state index contributed by atoms with van der Waals surface area (Å²) in [5, 5.41) is 5.23. The van der Waals surface area contributed by atoms with Gasteiger partial charge >= 0.3 is 0 Å². The lowest BCUT2D eigenvalue weighted by atomic mass is 10.2. The molecule has 2 aromatic rings. The topological polar surface area (TPSA) is 78.5 Å². The summed E-state index contributed by atoms with van der Waals surface area (Å²) >= 11 is 5.68. The van der Waals surface area contributed by atoms with E-state index in [2.05, 4.69) is 10.6 Å². The van der Waals surface area contributed by atoms with Gasteiger partial charge in [0.05, 0.1) is 22.2 Å². The summed E-state index contributed by atoms with van der Waals surface area (Å²) in [5.41, 5.74) is 0.576. The molecule has 0 bridgehead atoms. The molecule has 0 aliphatic rings. The monoisotopic (exact) mass is 399 g/mol. The number of hydrogen-bond donors (Lipinski definition) is 2. The smallest absolute Gasteiger partial charge is 0.242 e. The SMILES string of the molecule is CN(C)S(=O)(=O)c1ccccc1CNC(=O)CNc1cccc(Cl)c1F. The number of nitrogens with one attached hydrogen (secondary N) is 2. The molecule has 0 fully saturated rings. The Labute approximate surface area is 157 Å². The van der Waals surface area contributed by atoms with Crippen molar-refractivity contribution in [2.45, 2.75) is 11.4 Å². The van der Waals surface area contributed by atoms with E-state index in [9.17, 15) is 17.6 Å². The highest BCUT2D eigenvalue weighted by atomic mass is 35.5. The Morgan fingerprint density at radius 2 is 1.85 bits per heavy atom. The van der Waals surface area contributed by atoms with Crippen molar-refractivity contribution in [1.82, 2.24) is 9.62 Å². The third-order valence-corrected chi connectivity index (χ3v) is 5.81. The largest absolute Gasteiger partial charge is 0.374 e. The highest BCUT2D eigenvalue weighted by molar-refractivity contribution is 7.89. The molecule has 0 aliphatic carbocycles. The van der Waals surface area contributed by atoms with Crippen LogP contribution >= 0.6 is 11.6 Å². The van der Waals surface area contributed by atoms with Gasteiger partial charge in [0, 0.05) is 20.6 Å². The first-order valence-corrected chi connectivity index (χ1v) is 9.50. The van der Waals surface area contributed by atoms with Gasteiger partial charge in [-0.2, -0.15) is 0 Å². The molecule has 2 N–H and O–H groups in total. The fourth-order valence-electron chi connectivity index (χ4n) is 2.17. The molecular formula is C17H19ClFN3O3S. The molecule has 0 aliphatic heterocycles. The number of nitrogens with zero attached hydrogens (tertiary/aromatic N) is 1. The van der Waals surface area contributed by atoms with Crippen molar-refractivity contribution >= 4 is 33.2 Å². The normalized spacial score (nSPS) is 11.4. The van der Waals surface area contributed by atoms with Gasteiger partial charge in [0.15, 0.2) is 5.82 Å². The number of amides is 1. The molecule has 1 amide bonds. The first-order valence-electron chi connectivity index (χ1n) is 7.68. The van der Waals surface area contributed by atoms with Gasteiger partial charge in [0.1, 0.15) is 0 Å². The second-order valence-electron chi connectivity index (χ2n) is 5.63. The van der Waals surface area contributed by atoms with Crippen LogP contribution in [0, 0.1) is 5.82 Å². The summed E-state index contributed by atoms with van der Waals surface area (Å²) in [5.74, 6) is -1.05. The summed E-state index contributed by atoms with van der Waals surface area (Å²) in [4.78, 5) is 12.1. The number of halogens is 2. The molecule has 0 saturated carbocycles. The van der Waals surface area contributed by atoms with E-state index in [1.54, 1.807) is 24.3 Å². The third kappa shape index (κ3) is 4.72. The number of carbonyl (C=O) groups excluding carboxylic acids is 1. The predicted molar refractivity (Wildman–Crippen MR) is 99.1 cm³/mol. The van der Waals surface area contributed by atoms with Crippen LogP contribution in [0.15, 0.2) is 47.4 Å². The van der Waals surface area contributed by atoms with Crippen molar-refractivity contribution in [1.29, 1.82) is 0 Å². The molecule has 2 rings (SSSR count). The van der Waals surface area contributed by atoms with Crippen LogP contribution in [0.25, 0.3) is 0 Å². The number of rotatable bonds is 7. The van der Waals surface area contributed by atoms with Crippen LogP contribution in [0.1, 0.15) is 5.56 Å². The zero-order chi connectivity index (χ0) is 19.3. The van der Waals surface area contributed by atoms with E-state index in [0.29, 0.717) is 5.56 Å². The van der Waals surface area contributed by atoms with E-state index in [4.69, 9.17) is 11.6 Å². The van der Waals surface area contributed by atoms with E-state index in [-0.39, 0.29) is 28.7 Å². The average Bonchev–Trinajstić information content (AvgIpc) is 2.61. The molecule has 0 aromatic heterocycles. The van der Waals surface area contributed by atoms with Gasteiger partial charge in [0.25, 0.3) is 0 Å². The maximum absolute atomic E-state index is 13.8. The lowest BCUT2D eigenvalue weighted by Gasteiger charge is -2.15. The van der Waals surface area contributed by atoms with Crippen molar-refractivity contribution in [3.05, 3.63) is 58.9 Å². The lowest BCUT2D eigenvalue weighted by molar-refractivity contribution is -0.119. The average molecular weight is 400 g/mol. The molecule has 140 valence electrons. The summed E-state index contributed by atoms with van der Waals surface area (Å²) < 4.78 is 39.5. The zero-order valence-corrected chi connectivity index (χ0v) is 15.9. The number of hydrogen-bond acceptors (Lipinski definition) is 4. The fourth-order valence-corrected chi connectivity index (χ4v) is 3.46. The highest BCUT2D eigenvalue weighted by Crippen LogP contribution is 2.21. The van der Waals surface area contributed by atoms with Crippen molar-refractivity contribution in [3.8, 4) is 0 Å². The van der Waals surface area contributed by atoms with Crippen LogP contribution in [0.2, 0.25) is 5.02 Å². The second kappa shape index (κ2) is 8.48. The molecule has 2 aromatic carbocycles. The van der Waals surface area contributed by atoms with Crippen molar-refractivity contribution in [2.75, 3.05) is 26.0 Å². The number of sulfonamides is 1. The summed E-state index contributed by atoms with van der Waals surface area (Å²) in [6, 6.07) is 10.9. The zero-order valence-electron chi connectivity index (χ0n) is 14.3. The Bertz CT molecular complexity index is 904. The van der Waals surface area contributed by atoms with E-state index in [0.717, 1.165) is 4.31 Å². The maximum Gasteiger partial charge on any atom is 0.242 e. The van der Waals surface area contributed by atoms with Crippen LogP contribution in [-0.4, -0.2) is 39.3 Å². The Kier molecular flexibility index (Phi) is 6.57. The molecule has 0 saturated heterocycles. The van der Waals surface area contributed by atoms with E-state index in [1.807, 2.05) is 0 Å². The first kappa shape index (κ1) is 20.2. The molecule has 0 atom stereocenters. The summed E-state index contributed by atoms with van der Waals surface area (Å²) in [7, 11) is -0.742. The van der Waals surface area contributed by atoms with Crippen LogP contribution in [0.3, 0.4) is 0 Å². The first-order chi connectivity index (χ1) is 12.2. The van der Waals surface area contributed by atoms with Gasteiger partial charge in [-0.1, -0.05) is 35.9 Å². The van der Waals surface area contributed by atoms with Crippen LogP contribution in [-0.2, 0) is 21.4 Å². The molecule has 0 spiro atoms. The minimum atomic E-state index is -3.62. The van der Waals surface area contributed by atoms with E-state index in [1.165, 1.54) is 32.3 Å². The van der Waals surface area contributed by atoms with Gasteiger partial charge in [-0.25, -0.2) is 17.1 Å². The number of anilines is 1. The molecule has 0 heterocycles. The maximum atomic E-state index is 13.8. The number of benzene rings is 2. The lowest BCUT2D eigenvalue weighted by Crippen LogP contribution is -2.31. The van der Waals surface area contributed by atoms with Gasteiger partial charge in [-0.15, -0.1) is 0 Å². The Morgan fingerprint density at radius 3 is 2.54 bits per heavy atom. The van der Waals surface area contributed by atoms with Crippen LogP contribution < -0.4 is 10.6 Å². The van der Waals surface area contributed by atoms with Crippen molar-refractivity contribution in [3.63, 3.8) is 0 Å². The molecule has 9 heteroatoms. The van der Waals surface area contributed by atoms with Gasteiger partial charge in [-0.05, 0) is 23.8 Å². The summed E-state index contributed by atoms with van der Waals surface area (Å²) in [6.45, 7) is -0.151. The fraction of sp³-hybridized carbons (Fsp3) is 0.235. The Hall–Kier alpha value is -2.16. The standard InChI is InChI=1S/C17H19ClFN3O3S/c1-22(2)26(24,25)15-9-4-3-6-12(15)10-21-16(23)11-20-14-8-5-7-13(18)17(14)19/h3-9,20H,10-11H2,1-2H3,(H,21,23). The minimum absolute atomic E-state index is 0.0295. The quantitative estimate of drug-likeness (QED) is 0.749. The predicted octanol–water partition coefficient (Wildman–Crippen LogP) is 2.46. The second-order valence-corrected chi connectivity index (χ2v) is 8.15. The van der Waals surface area contributed by atoms with Gasteiger partial charge in [-0.3, -0.25) is 4.79 Å². The molecule has 26 heavy (non-hydrogen) atoms. The highest BCUT2D eigenvalue weighted by Gasteiger charge is 2.20. The van der Waals surface area contributed by atoms with Crippen LogP contribution in [0.4, 0.5) is 10.1 Å². The minimum Gasteiger partial charge on any atom is -0.374 e. The van der Waals surface area contributed by atoms with Crippen LogP contribution in [0.5, 0.6) is 0 Å². The van der Waals surface area contributed by atoms with E-state index >= 15 is 0 Å². The van der Waals surface area contributed by atoms with Crippen molar-refractivity contribution in [2.24, 2.45) is 0 Å². The Balaban J connectivity index is 2.01. The van der Waals surface area contributed by atoms with Crippen molar-refractivity contribution < 1.29 is 17.6 Å². The molecule has 0 unspecified atom stereocenters. The Morgan fingerprint density at radius 1 is 1.15 bits per heavy atom. The van der Waals surface area contributed by atoms with Gasteiger partial charge in [0.2, 0.25) is 15.9 Å². The molecule has 6 nitrogen and oxygen atoms in total. The third-order valence-electron chi connectivity index (χ3n) is 3.60. The number of carbonyl (C=O) groups is 1. The molecular weight excluding hydrogens is 381 g/mol. The molecule has 0 radical (unpaired) electrons.